The average molecular weight is 198 g/mol. The third kappa shape index (κ3) is 1.07. The molecule has 3 fully saturated rings. The van der Waals surface area contributed by atoms with Gasteiger partial charge in [-0.25, -0.2) is 0 Å². The van der Waals surface area contributed by atoms with Gasteiger partial charge in [0.2, 0.25) is 0 Å². The molecular weight excluding hydrogens is 184 g/mol. The van der Waals surface area contributed by atoms with E-state index in [1.165, 1.54) is 0 Å². The second kappa shape index (κ2) is 3.00. The van der Waals surface area contributed by atoms with Crippen molar-refractivity contribution in [3.63, 3.8) is 0 Å². The van der Waals surface area contributed by atoms with Crippen molar-refractivity contribution in [1.82, 2.24) is 10.6 Å². The van der Waals surface area contributed by atoms with Crippen LogP contribution in [0.1, 0.15) is 6.42 Å². The molecule has 0 bridgehead atoms. The highest BCUT2D eigenvalue weighted by molar-refractivity contribution is 5.85. The average Bonchev–Trinajstić information content (AvgIpc) is 2.69. The normalized spacial score (nSPS) is 51.8. The van der Waals surface area contributed by atoms with E-state index < -0.39 is 6.23 Å². The molecule has 0 amide bonds. The summed E-state index contributed by atoms with van der Waals surface area (Å²) in [6.45, 7) is 1.47. The van der Waals surface area contributed by atoms with Crippen molar-refractivity contribution in [3.8, 4) is 0 Å². The van der Waals surface area contributed by atoms with Crippen molar-refractivity contribution in [3.05, 3.63) is 0 Å². The van der Waals surface area contributed by atoms with Crippen LogP contribution in [-0.4, -0.2) is 48.5 Å². The number of Topliss-reactive ketones (excluding diaryl/α,β-unsaturated/α-hetero) is 1. The molecule has 3 rings (SSSR count). The van der Waals surface area contributed by atoms with Gasteiger partial charge in [0.15, 0.2) is 5.78 Å². The summed E-state index contributed by atoms with van der Waals surface area (Å²) in [6, 6.07) is 0.103. The molecule has 5 heteroatoms. The Bertz CT molecular complexity index is 271. The van der Waals surface area contributed by atoms with Gasteiger partial charge in [-0.1, -0.05) is 0 Å². The summed E-state index contributed by atoms with van der Waals surface area (Å²) in [7, 11) is 0. The molecule has 0 aromatic rings. The number of nitrogens with one attached hydrogen (secondary N) is 2. The van der Waals surface area contributed by atoms with Crippen LogP contribution >= 0.6 is 0 Å². The van der Waals surface area contributed by atoms with E-state index in [1.54, 1.807) is 0 Å². The second-order valence-corrected chi connectivity index (χ2v) is 4.23. The van der Waals surface area contributed by atoms with Crippen molar-refractivity contribution < 1.29 is 14.6 Å². The first-order chi connectivity index (χ1) is 6.77. The molecule has 3 N–H and O–H groups in total. The fraction of sp³-hybridized carbons (Fsp3) is 0.889. The lowest BCUT2D eigenvalue weighted by molar-refractivity contribution is -0.134. The predicted molar refractivity (Wildman–Crippen MR) is 47.6 cm³/mol. The van der Waals surface area contributed by atoms with E-state index in [0.717, 1.165) is 13.1 Å². The lowest BCUT2D eigenvalue weighted by Crippen LogP contribution is -2.51. The lowest BCUT2D eigenvalue weighted by atomic mass is 9.90. The number of piperidine rings is 1. The number of fused-ring (bicyclic) bond motifs is 3. The number of ether oxygens (including phenoxy) is 1. The minimum atomic E-state index is -0.611. The van der Waals surface area contributed by atoms with Crippen LogP contribution in [0.3, 0.4) is 0 Å². The first-order valence-electron chi connectivity index (χ1n) is 5.10. The number of carbonyl (C=O) groups excluding carboxylic acids is 1. The quantitative estimate of drug-likeness (QED) is 0.429. The molecule has 5 atom stereocenters. The zero-order valence-corrected chi connectivity index (χ0v) is 7.77. The maximum Gasteiger partial charge on any atom is 0.164 e. The van der Waals surface area contributed by atoms with E-state index in [1.807, 2.05) is 0 Å². The molecule has 14 heavy (non-hydrogen) atoms. The van der Waals surface area contributed by atoms with Crippen LogP contribution < -0.4 is 10.6 Å². The van der Waals surface area contributed by atoms with Crippen molar-refractivity contribution >= 4 is 5.78 Å². The standard InChI is InChI=1S/C9H14N2O3/c12-5-1-2-10-6-4-3-11-9(13)7(4)14-8(5)6/h4,6-11,13H,1-3H2. The summed E-state index contributed by atoms with van der Waals surface area (Å²) in [5.41, 5.74) is 0. The van der Waals surface area contributed by atoms with Gasteiger partial charge in [-0.15, -0.1) is 0 Å². The highest BCUT2D eigenvalue weighted by Crippen LogP contribution is 2.34. The van der Waals surface area contributed by atoms with Crippen LogP contribution in [0.5, 0.6) is 0 Å². The monoisotopic (exact) mass is 198 g/mol. The number of carbonyl (C=O) groups is 1. The summed E-state index contributed by atoms with van der Waals surface area (Å²) < 4.78 is 5.59. The first kappa shape index (κ1) is 8.79. The van der Waals surface area contributed by atoms with E-state index in [-0.39, 0.29) is 30.0 Å². The molecule has 5 nitrogen and oxygen atoms in total. The van der Waals surface area contributed by atoms with E-state index in [9.17, 15) is 9.90 Å². The maximum atomic E-state index is 11.5. The number of aliphatic hydroxyl groups excluding tert-OH is 1. The topological polar surface area (TPSA) is 70.6 Å². The van der Waals surface area contributed by atoms with Crippen molar-refractivity contribution in [2.24, 2.45) is 5.92 Å². The highest BCUT2D eigenvalue weighted by Gasteiger charge is 2.53. The van der Waals surface area contributed by atoms with Gasteiger partial charge in [0.1, 0.15) is 18.4 Å². The van der Waals surface area contributed by atoms with Crippen LogP contribution in [0.2, 0.25) is 0 Å². The molecule has 5 unspecified atom stereocenters. The van der Waals surface area contributed by atoms with Crippen LogP contribution in [0.25, 0.3) is 0 Å². The Morgan fingerprint density at radius 1 is 1.43 bits per heavy atom. The molecule has 0 aromatic heterocycles. The molecule has 78 valence electrons. The number of hydrogen-bond donors (Lipinski definition) is 3. The maximum absolute atomic E-state index is 11.5. The number of hydrogen-bond acceptors (Lipinski definition) is 5. The molecule has 0 spiro atoms. The molecule has 0 aromatic carbocycles. The van der Waals surface area contributed by atoms with E-state index in [0.29, 0.717) is 6.42 Å². The van der Waals surface area contributed by atoms with Gasteiger partial charge in [0.05, 0.1) is 0 Å². The molecular formula is C9H14N2O3. The predicted octanol–water partition coefficient (Wildman–Crippen LogP) is -1.78. The van der Waals surface area contributed by atoms with Gasteiger partial charge in [-0.05, 0) is 0 Å². The zero-order valence-electron chi connectivity index (χ0n) is 7.77. The van der Waals surface area contributed by atoms with Gasteiger partial charge in [-0.2, -0.15) is 0 Å². The molecule has 0 radical (unpaired) electrons. The number of aliphatic hydroxyl groups is 1. The van der Waals surface area contributed by atoms with E-state index in [2.05, 4.69) is 10.6 Å². The SMILES string of the molecule is O=C1CCNC2C1OC1C(O)NCC21. The van der Waals surface area contributed by atoms with Gasteiger partial charge in [-0.3, -0.25) is 10.1 Å². The Balaban J connectivity index is 1.85. The van der Waals surface area contributed by atoms with Crippen molar-refractivity contribution in [2.75, 3.05) is 13.1 Å². The molecule has 3 heterocycles. The van der Waals surface area contributed by atoms with Crippen LogP contribution in [-0.2, 0) is 9.53 Å². The Hall–Kier alpha value is -0.490. The van der Waals surface area contributed by atoms with E-state index >= 15 is 0 Å². The summed E-state index contributed by atoms with van der Waals surface area (Å²) >= 11 is 0. The molecule has 0 saturated carbocycles. The Labute approximate surface area is 81.8 Å². The van der Waals surface area contributed by atoms with Crippen LogP contribution in [0.15, 0.2) is 0 Å². The highest BCUT2D eigenvalue weighted by atomic mass is 16.5. The van der Waals surface area contributed by atoms with Crippen molar-refractivity contribution in [1.29, 1.82) is 0 Å². The van der Waals surface area contributed by atoms with Gasteiger partial charge >= 0.3 is 0 Å². The molecule has 3 aliphatic rings. The van der Waals surface area contributed by atoms with Gasteiger partial charge in [0.25, 0.3) is 0 Å². The van der Waals surface area contributed by atoms with Crippen LogP contribution in [0.4, 0.5) is 0 Å². The fourth-order valence-corrected chi connectivity index (χ4v) is 2.75. The second-order valence-electron chi connectivity index (χ2n) is 4.23. The Morgan fingerprint density at radius 3 is 3.14 bits per heavy atom. The van der Waals surface area contributed by atoms with Crippen LogP contribution in [0, 0.1) is 5.92 Å². The minimum absolute atomic E-state index is 0.103. The molecule has 0 aliphatic carbocycles. The van der Waals surface area contributed by atoms with Crippen molar-refractivity contribution in [2.45, 2.75) is 30.9 Å². The minimum Gasteiger partial charge on any atom is -0.376 e. The summed E-state index contributed by atoms with van der Waals surface area (Å²) in [5.74, 6) is 0.412. The van der Waals surface area contributed by atoms with E-state index in [4.69, 9.17) is 4.74 Å². The number of rotatable bonds is 0. The third-order valence-electron chi connectivity index (χ3n) is 3.46. The summed E-state index contributed by atoms with van der Waals surface area (Å²) in [4.78, 5) is 11.5. The fourth-order valence-electron chi connectivity index (χ4n) is 2.75. The zero-order chi connectivity index (χ0) is 9.71. The Kier molecular flexibility index (Phi) is 1.88. The van der Waals surface area contributed by atoms with Gasteiger partial charge < -0.3 is 15.2 Å². The van der Waals surface area contributed by atoms with Gasteiger partial charge in [0, 0.05) is 31.5 Å². The largest absolute Gasteiger partial charge is 0.376 e. The smallest absolute Gasteiger partial charge is 0.164 e. The Morgan fingerprint density at radius 2 is 2.29 bits per heavy atom. The molecule has 3 aliphatic heterocycles. The summed E-state index contributed by atoms with van der Waals surface area (Å²) in [5, 5.41) is 15.8. The lowest BCUT2D eigenvalue weighted by Gasteiger charge is -2.27. The number of ketones is 1. The molecule has 3 saturated heterocycles. The third-order valence-corrected chi connectivity index (χ3v) is 3.46. The first-order valence-corrected chi connectivity index (χ1v) is 5.10. The summed E-state index contributed by atoms with van der Waals surface area (Å²) in [6.07, 6.45) is -0.598.